The molecule has 4 aromatic carbocycles. The maximum atomic E-state index is 13.5. The van der Waals surface area contributed by atoms with Gasteiger partial charge in [0.25, 0.3) is 23.6 Å². The largest absolute Gasteiger partial charge is 0.337 e. The van der Waals surface area contributed by atoms with Gasteiger partial charge in [0, 0.05) is 48.4 Å². The Hall–Kier alpha value is -8.32. The Morgan fingerprint density at radius 3 is 0.730 bits per heavy atom. The number of hydrogen-bond donors (Lipinski definition) is 12. The standard InChI is InChI=1S/C50H56N12O12/c63-41-37-38(72-49(71-37)23-3-1-4-24-49)42(64)56-60-46(68)52-34-17-9-30(10-18-34)28-32-13-21-36(22-14-32)54-48(70)62-58-44(66)40-39(73-50(74-40)25-5-2-6-26-50)43(65)57-61-47(69)53-35-19-11-31(12-20-35)27-29-7-15-33(16-8-29)51-45(67)59-55-41/h7-22,37-40H,1-6,23-28H2,(H,55,63)(H,56,64)(H,57,65)(H,58,66)(H2,51,59,67)(H2,52,60,68)(H2,53,61,69)(H2,54,62,70)/t37-,38-,39-,40-/m1/s1. The number of urea groups is 4. The number of amides is 12. The molecule has 2 saturated heterocycles. The van der Waals surface area contributed by atoms with Gasteiger partial charge in [0.1, 0.15) is 0 Å². The summed E-state index contributed by atoms with van der Waals surface area (Å²) in [6.07, 6.45) is 1.69. The van der Waals surface area contributed by atoms with Crippen LogP contribution >= 0.6 is 0 Å². The molecule has 2 aliphatic carbocycles. The normalized spacial score (nSPS) is 24.0. The lowest BCUT2D eigenvalue weighted by Crippen LogP contribution is -2.55. The number of ether oxygens (including phenoxy) is 4. The summed E-state index contributed by atoms with van der Waals surface area (Å²) in [5.41, 5.74) is 23.6. The Kier molecular flexibility index (Phi) is 15.5. The third-order valence-electron chi connectivity index (χ3n) is 13.0. The minimum Gasteiger partial charge on any atom is -0.333 e. The highest BCUT2D eigenvalue weighted by molar-refractivity contribution is 5.97. The van der Waals surface area contributed by atoms with Gasteiger partial charge in [-0.25, -0.2) is 40.9 Å². The summed E-state index contributed by atoms with van der Waals surface area (Å²) in [5.74, 6) is -5.79. The molecule has 8 bridgehead atoms. The van der Waals surface area contributed by atoms with Gasteiger partial charge >= 0.3 is 24.1 Å². The highest BCUT2D eigenvalue weighted by Crippen LogP contribution is 2.42. The fourth-order valence-electron chi connectivity index (χ4n) is 9.35. The van der Waals surface area contributed by atoms with Crippen molar-refractivity contribution < 1.29 is 57.3 Å². The van der Waals surface area contributed by atoms with E-state index in [0.29, 0.717) is 61.3 Å². The molecular formula is C50H56N12O12. The highest BCUT2D eigenvalue weighted by Gasteiger charge is 2.55. The molecule has 12 N–H and O–H groups in total. The SMILES string of the molecule is O=C1NNC(=O)[C@@H]2OC3(CCCCC3)O[C@H]2C(=O)NNC(=O)Nc2ccc(cc2)Cc2ccc(cc2)NC(=O)NNC(=O)[C@@H]2OC3(CCCCC3)O[C@H]2C(=O)NNC(=O)Nc2ccc(cc2)Cc2ccc(cc2)N1. The van der Waals surface area contributed by atoms with E-state index >= 15 is 0 Å². The lowest BCUT2D eigenvalue weighted by atomic mass is 9.94. The molecule has 12 amide bonds. The minimum absolute atomic E-state index is 0.410. The van der Waals surface area contributed by atoms with Crippen LogP contribution in [0, 0.1) is 0 Å². The summed E-state index contributed by atoms with van der Waals surface area (Å²) < 4.78 is 24.4. The van der Waals surface area contributed by atoms with E-state index in [0.717, 1.165) is 60.8 Å². The lowest BCUT2D eigenvalue weighted by Gasteiger charge is -2.31. The second kappa shape index (κ2) is 22.6. The molecular weight excluding hydrogens is 961 g/mol. The number of hydrogen-bond acceptors (Lipinski definition) is 12. The van der Waals surface area contributed by atoms with Crippen LogP contribution in [0.5, 0.6) is 0 Å². The fraction of sp³-hybridized carbons (Fsp3) is 0.360. The predicted octanol–water partition coefficient (Wildman–Crippen LogP) is 4.08. The van der Waals surface area contributed by atoms with E-state index in [2.05, 4.69) is 64.7 Å². The summed E-state index contributed by atoms with van der Waals surface area (Å²) >= 11 is 0. The highest BCUT2D eigenvalue weighted by atomic mass is 16.8. The second-order valence-electron chi connectivity index (χ2n) is 18.5. The van der Waals surface area contributed by atoms with Gasteiger partial charge in [0.05, 0.1) is 0 Å². The fourth-order valence-corrected chi connectivity index (χ4v) is 9.35. The maximum absolute atomic E-state index is 13.5. The average Bonchev–Trinajstić information content (AvgIpc) is 3.97. The molecule has 4 atom stereocenters. The molecule has 0 aromatic heterocycles. The summed E-state index contributed by atoms with van der Waals surface area (Å²) in [4.78, 5) is 105. The number of rotatable bonds is 0. The first-order valence-corrected chi connectivity index (χ1v) is 24.3. The maximum Gasteiger partial charge on any atom is 0.337 e. The van der Waals surface area contributed by atoms with Crippen LogP contribution in [0.3, 0.4) is 0 Å². The summed E-state index contributed by atoms with van der Waals surface area (Å²) in [7, 11) is 0. The first-order valence-electron chi connectivity index (χ1n) is 24.3. The number of carbonyl (C=O) groups is 8. The number of carbonyl (C=O) groups excluding carboxylic acids is 8. The van der Waals surface area contributed by atoms with Crippen LogP contribution in [0.15, 0.2) is 97.1 Å². The zero-order valence-corrected chi connectivity index (χ0v) is 39.9. The van der Waals surface area contributed by atoms with Gasteiger partial charge in [-0.05, 0) is 109 Å². The van der Waals surface area contributed by atoms with Gasteiger partial charge in [-0.3, -0.25) is 40.9 Å². The smallest absolute Gasteiger partial charge is 0.333 e. The Bertz CT molecular complexity index is 2370. The Morgan fingerprint density at radius 2 is 0.514 bits per heavy atom. The monoisotopic (exact) mass is 1020 g/mol. The minimum atomic E-state index is -1.47. The molecule has 2 saturated carbocycles. The number of benzene rings is 4. The molecule has 388 valence electrons. The molecule has 15 rings (SSSR count). The van der Waals surface area contributed by atoms with Crippen molar-refractivity contribution in [2.75, 3.05) is 21.3 Å². The number of anilines is 4. The Morgan fingerprint density at radius 1 is 0.297 bits per heavy atom. The molecule has 0 unspecified atom stereocenters. The third kappa shape index (κ3) is 12.8. The van der Waals surface area contributed by atoms with Crippen molar-refractivity contribution >= 4 is 70.5 Å². The van der Waals surface area contributed by atoms with Crippen LogP contribution in [-0.4, -0.2) is 83.7 Å². The topological polar surface area (TPSA) is 318 Å². The summed E-state index contributed by atoms with van der Waals surface area (Å²) in [5, 5.41) is 10.5. The zero-order chi connectivity index (χ0) is 51.7. The van der Waals surface area contributed by atoms with Crippen LogP contribution in [0.25, 0.3) is 0 Å². The molecule has 9 aliphatic heterocycles. The van der Waals surface area contributed by atoms with E-state index in [1.54, 1.807) is 97.1 Å². The first-order chi connectivity index (χ1) is 35.8. The molecule has 4 aromatic rings. The number of hydrazine groups is 4. The quantitative estimate of drug-likeness (QED) is 0.119. The van der Waals surface area contributed by atoms with E-state index in [-0.39, 0.29) is 0 Å². The molecule has 74 heavy (non-hydrogen) atoms. The van der Waals surface area contributed by atoms with E-state index in [4.69, 9.17) is 18.9 Å². The summed E-state index contributed by atoms with van der Waals surface area (Å²) in [6, 6.07) is 24.7. The van der Waals surface area contributed by atoms with Crippen molar-refractivity contribution in [2.45, 2.75) is 113 Å². The van der Waals surface area contributed by atoms with Gasteiger partial charge in [-0.15, -0.1) is 0 Å². The van der Waals surface area contributed by atoms with Crippen molar-refractivity contribution in [1.82, 2.24) is 43.4 Å². The van der Waals surface area contributed by atoms with Crippen LogP contribution in [0.1, 0.15) is 86.5 Å². The number of nitrogens with one attached hydrogen (secondary N) is 12. The van der Waals surface area contributed by atoms with Crippen molar-refractivity contribution in [2.24, 2.45) is 0 Å². The predicted molar refractivity (Wildman–Crippen MR) is 264 cm³/mol. The molecule has 11 aliphatic rings. The van der Waals surface area contributed by atoms with Crippen LogP contribution in [0.4, 0.5) is 41.9 Å². The summed E-state index contributed by atoms with van der Waals surface area (Å²) in [6.45, 7) is 0. The molecule has 2 spiro atoms. The Labute approximate surface area is 423 Å². The molecule has 4 fully saturated rings. The average molecular weight is 1020 g/mol. The van der Waals surface area contributed by atoms with Gasteiger partial charge < -0.3 is 40.2 Å². The molecule has 9 heterocycles. The van der Waals surface area contributed by atoms with Gasteiger partial charge in [0.15, 0.2) is 36.0 Å². The van der Waals surface area contributed by atoms with Crippen molar-refractivity contribution in [3.63, 3.8) is 0 Å². The van der Waals surface area contributed by atoms with Gasteiger partial charge in [0.2, 0.25) is 0 Å². The van der Waals surface area contributed by atoms with E-state index in [9.17, 15) is 38.4 Å². The van der Waals surface area contributed by atoms with Crippen molar-refractivity contribution in [1.29, 1.82) is 0 Å². The first kappa shape index (κ1) is 50.6. The van der Waals surface area contributed by atoms with E-state index < -0.39 is 83.7 Å². The Balaban J connectivity index is 0.865. The molecule has 0 radical (unpaired) electrons. The van der Waals surface area contributed by atoms with Crippen molar-refractivity contribution in [3.8, 4) is 0 Å². The molecule has 24 heteroatoms. The van der Waals surface area contributed by atoms with E-state index in [1.807, 2.05) is 0 Å². The van der Waals surface area contributed by atoms with Crippen LogP contribution in [0.2, 0.25) is 0 Å². The van der Waals surface area contributed by atoms with Crippen molar-refractivity contribution in [3.05, 3.63) is 119 Å². The second-order valence-corrected chi connectivity index (χ2v) is 18.5. The van der Waals surface area contributed by atoms with Crippen LogP contribution in [-0.2, 0) is 51.0 Å². The van der Waals surface area contributed by atoms with Crippen LogP contribution < -0.4 is 64.7 Å². The molecule has 24 nitrogen and oxygen atoms in total. The van der Waals surface area contributed by atoms with E-state index in [1.165, 1.54) is 0 Å². The van der Waals surface area contributed by atoms with Gasteiger partial charge in [-0.1, -0.05) is 61.4 Å². The lowest BCUT2D eigenvalue weighted by molar-refractivity contribution is -0.196. The van der Waals surface area contributed by atoms with Gasteiger partial charge in [-0.2, -0.15) is 0 Å². The third-order valence-corrected chi connectivity index (χ3v) is 13.0. The zero-order valence-electron chi connectivity index (χ0n) is 39.9.